The molecule has 0 aliphatic heterocycles. The zero-order valence-electron chi connectivity index (χ0n) is 9.81. The van der Waals surface area contributed by atoms with Crippen LogP contribution in [-0.4, -0.2) is 5.78 Å². The van der Waals surface area contributed by atoms with Gasteiger partial charge in [0.25, 0.3) is 0 Å². The molecule has 1 heteroatoms. The maximum absolute atomic E-state index is 11.4. The zero-order chi connectivity index (χ0) is 11.1. The van der Waals surface area contributed by atoms with Crippen LogP contribution in [0.25, 0.3) is 0 Å². The Bertz CT molecular complexity index is 337. The van der Waals surface area contributed by atoms with E-state index < -0.39 is 0 Å². The van der Waals surface area contributed by atoms with E-state index in [1.165, 1.54) is 24.0 Å². The number of hydrogen-bond acceptors (Lipinski definition) is 1. The third-order valence-electron chi connectivity index (χ3n) is 4.24. The molecule has 0 aromatic rings. The van der Waals surface area contributed by atoms with E-state index in [-0.39, 0.29) is 0 Å². The first-order chi connectivity index (χ1) is 7.01. The number of rotatable bonds is 1. The summed E-state index contributed by atoms with van der Waals surface area (Å²) in [6.07, 6.45) is 7.26. The van der Waals surface area contributed by atoms with Gasteiger partial charge in [-0.3, -0.25) is 4.79 Å². The van der Waals surface area contributed by atoms with Crippen molar-refractivity contribution in [3.63, 3.8) is 0 Å². The van der Waals surface area contributed by atoms with Crippen LogP contribution >= 0.6 is 0 Å². The van der Waals surface area contributed by atoms with E-state index in [1.807, 2.05) is 6.08 Å². The molecule has 0 radical (unpaired) electrons. The van der Waals surface area contributed by atoms with E-state index in [0.717, 1.165) is 19.3 Å². The third-order valence-corrected chi connectivity index (χ3v) is 4.24. The van der Waals surface area contributed by atoms with Crippen LogP contribution < -0.4 is 0 Å². The van der Waals surface area contributed by atoms with Gasteiger partial charge < -0.3 is 0 Å². The molecule has 2 aliphatic carbocycles. The van der Waals surface area contributed by atoms with Gasteiger partial charge in [0.05, 0.1) is 0 Å². The molecule has 1 nitrogen and oxygen atoms in total. The van der Waals surface area contributed by atoms with Crippen LogP contribution in [-0.2, 0) is 4.79 Å². The summed E-state index contributed by atoms with van der Waals surface area (Å²) in [5, 5.41) is 0. The molecular formula is C14H20O. The van der Waals surface area contributed by atoms with Crippen LogP contribution in [0.4, 0.5) is 0 Å². The number of carbonyl (C=O) groups is 1. The van der Waals surface area contributed by atoms with Gasteiger partial charge in [0.15, 0.2) is 5.78 Å². The van der Waals surface area contributed by atoms with E-state index in [1.54, 1.807) is 0 Å². The van der Waals surface area contributed by atoms with Crippen molar-refractivity contribution in [1.82, 2.24) is 0 Å². The Hall–Kier alpha value is -0.850. The summed E-state index contributed by atoms with van der Waals surface area (Å²) in [6.45, 7) is 8.48. The Kier molecular flexibility index (Phi) is 2.57. The van der Waals surface area contributed by atoms with Crippen LogP contribution in [0.2, 0.25) is 0 Å². The third kappa shape index (κ3) is 1.92. The summed E-state index contributed by atoms with van der Waals surface area (Å²) in [7, 11) is 0. The number of carbonyl (C=O) groups excluding carboxylic acids is 1. The van der Waals surface area contributed by atoms with Crippen LogP contribution in [0.5, 0.6) is 0 Å². The molecule has 0 aromatic carbocycles. The van der Waals surface area contributed by atoms with Gasteiger partial charge >= 0.3 is 0 Å². The molecule has 0 spiro atoms. The first-order valence-corrected chi connectivity index (χ1v) is 5.90. The van der Waals surface area contributed by atoms with Gasteiger partial charge in [-0.25, -0.2) is 0 Å². The normalized spacial score (nSPS) is 35.7. The maximum Gasteiger partial charge on any atom is 0.155 e. The van der Waals surface area contributed by atoms with Crippen LogP contribution in [0.1, 0.15) is 46.0 Å². The summed E-state index contributed by atoms with van der Waals surface area (Å²) < 4.78 is 0. The minimum atomic E-state index is 0.319. The average Bonchev–Trinajstić information content (AvgIpc) is 2.18. The van der Waals surface area contributed by atoms with Crippen molar-refractivity contribution in [1.29, 1.82) is 0 Å². The molecule has 2 rings (SSSR count). The second-order valence-electron chi connectivity index (χ2n) is 5.48. The van der Waals surface area contributed by atoms with Crippen molar-refractivity contribution < 1.29 is 4.79 Å². The quantitative estimate of drug-likeness (QED) is 0.596. The summed E-state index contributed by atoms with van der Waals surface area (Å²) >= 11 is 0. The van der Waals surface area contributed by atoms with Gasteiger partial charge in [-0.15, -0.1) is 0 Å². The van der Waals surface area contributed by atoms with Crippen molar-refractivity contribution in [2.45, 2.75) is 46.0 Å². The number of hydrogen-bond donors (Lipinski definition) is 0. The van der Waals surface area contributed by atoms with Crippen molar-refractivity contribution in [3.05, 3.63) is 23.8 Å². The summed E-state index contributed by atoms with van der Waals surface area (Å²) in [4.78, 5) is 11.4. The van der Waals surface area contributed by atoms with Crippen molar-refractivity contribution in [2.75, 3.05) is 0 Å². The smallest absolute Gasteiger partial charge is 0.155 e. The molecule has 1 fully saturated rings. The highest BCUT2D eigenvalue weighted by Gasteiger charge is 2.38. The standard InChI is InChI=1S/C14H20O/c1-10(2)11-4-6-14(3)7-5-13(15)9-12(14)8-11/h9,11H,1,4-8H2,2-3H3. The number of ketones is 1. The van der Waals surface area contributed by atoms with Crippen LogP contribution in [0, 0.1) is 11.3 Å². The lowest BCUT2D eigenvalue weighted by atomic mass is 9.62. The maximum atomic E-state index is 11.4. The summed E-state index contributed by atoms with van der Waals surface area (Å²) in [5.74, 6) is 0.931. The molecule has 0 aromatic heterocycles. The highest BCUT2D eigenvalue weighted by molar-refractivity contribution is 5.91. The minimum Gasteiger partial charge on any atom is -0.295 e. The molecule has 0 N–H and O–H groups in total. The lowest BCUT2D eigenvalue weighted by Gasteiger charge is -2.42. The molecule has 1 saturated carbocycles. The van der Waals surface area contributed by atoms with E-state index in [0.29, 0.717) is 17.1 Å². The van der Waals surface area contributed by atoms with Gasteiger partial charge in [-0.2, -0.15) is 0 Å². The minimum absolute atomic E-state index is 0.319. The second-order valence-corrected chi connectivity index (χ2v) is 5.48. The summed E-state index contributed by atoms with van der Waals surface area (Å²) in [6, 6.07) is 0. The Morgan fingerprint density at radius 1 is 1.53 bits per heavy atom. The van der Waals surface area contributed by atoms with E-state index in [9.17, 15) is 4.79 Å². The lowest BCUT2D eigenvalue weighted by Crippen LogP contribution is -2.31. The molecular weight excluding hydrogens is 184 g/mol. The fourth-order valence-electron chi connectivity index (χ4n) is 2.87. The fraction of sp³-hybridized carbons (Fsp3) is 0.643. The van der Waals surface area contributed by atoms with Gasteiger partial charge in [0, 0.05) is 6.42 Å². The highest BCUT2D eigenvalue weighted by Crippen LogP contribution is 2.49. The van der Waals surface area contributed by atoms with E-state index in [2.05, 4.69) is 20.4 Å². The van der Waals surface area contributed by atoms with Crippen LogP contribution in [0.3, 0.4) is 0 Å². The molecule has 2 aliphatic rings. The first kappa shape index (κ1) is 10.7. The predicted octanol–water partition coefficient (Wildman–Crippen LogP) is 3.66. The molecule has 0 amide bonds. The summed E-state index contributed by atoms with van der Waals surface area (Å²) in [5.41, 5.74) is 2.98. The molecule has 2 unspecified atom stereocenters. The molecule has 0 bridgehead atoms. The van der Waals surface area contributed by atoms with E-state index >= 15 is 0 Å². The van der Waals surface area contributed by atoms with Gasteiger partial charge in [-0.05, 0) is 50.0 Å². The Labute approximate surface area is 92.3 Å². The van der Waals surface area contributed by atoms with Crippen molar-refractivity contribution in [3.8, 4) is 0 Å². The first-order valence-electron chi connectivity index (χ1n) is 5.90. The van der Waals surface area contributed by atoms with Gasteiger partial charge in [-0.1, -0.05) is 24.6 Å². The SMILES string of the molecule is C=C(C)C1CCC2(C)CCC(=O)C=C2C1. The van der Waals surface area contributed by atoms with Crippen LogP contribution in [0.15, 0.2) is 23.8 Å². The molecule has 82 valence electrons. The van der Waals surface area contributed by atoms with Crippen molar-refractivity contribution in [2.24, 2.45) is 11.3 Å². The largest absolute Gasteiger partial charge is 0.295 e. The van der Waals surface area contributed by atoms with Gasteiger partial charge in [0.1, 0.15) is 0 Å². The fourth-order valence-corrected chi connectivity index (χ4v) is 2.87. The predicted molar refractivity (Wildman–Crippen MR) is 62.6 cm³/mol. The molecule has 15 heavy (non-hydrogen) atoms. The van der Waals surface area contributed by atoms with Gasteiger partial charge in [0.2, 0.25) is 0 Å². The monoisotopic (exact) mass is 204 g/mol. The van der Waals surface area contributed by atoms with Crippen molar-refractivity contribution >= 4 is 5.78 Å². The molecule has 0 heterocycles. The van der Waals surface area contributed by atoms with E-state index in [4.69, 9.17) is 0 Å². The average molecular weight is 204 g/mol. The number of fused-ring (bicyclic) bond motifs is 1. The second kappa shape index (κ2) is 3.62. The Balaban J connectivity index is 2.23. The molecule has 2 atom stereocenters. The highest BCUT2D eigenvalue weighted by atomic mass is 16.1. The lowest BCUT2D eigenvalue weighted by molar-refractivity contribution is -0.115. The zero-order valence-corrected chi connectivity index (χ0v) is 9.81. The topological polar surface area (TPSA) is 17.1 Å². The Morgan fingerprint density at radius 3 is 2.93 bits per heavy atom. The number of allylic oxidation sites excluding steroid dienone is 3. The molecule has 0 saturated heterocycles. The Morgan fingerprint density at radius 2 is 2.27 bits per heavy atom.